The number of carboxylic acid groups (broad SMARTS) is 1. The summed E-state index contributed by atoms with van der Waals surface area (Å²) in [6, 6.07) is -0.768. The number of nitrogens with zero attached hydrogens (tertiary/aromatic N) is 1. The maximum atomic E-state index is 12.8. The zero-order valence-electron chi connectivity index (χ0n) is 9.08. The van der Waals surface area contributed by atoms with Crippen molar-refractivity contribution in [3.63, 3.8) is 0 Å². The first-order valence-corrected chi connectivity index (χ1v) is 6.31. The fourth-order valence-electron chi connectivity index (χ4n) is 1.16. The Morgan fingerprint density at radius 2 is 2.17 bits per heavy atom. The molecule has 1 aromatic heterocycles. The number of sulfonamides is 1. The molecule has 0 saturated heterocycles. The number of hydrogen-bond donors (Lipinski definition) is 3. The molecule has 3 N–H and O–H groups in total. The Hall–Kier alpha value is -1.58. The van der Waals surface area contributed by atoms with Gasteiger partial charge in [-0.25, -0.2) is 12.8 Å². The van der Waals surface area contributed by atoms with Crippen LogP contribution in [0.15, 0.2) is 23.4 Å². The van der Waals surface area contributed by atoms with Crippen molar-refractivity contribution in [3.8, 4) is 0 Å². The first kappa shape index (κ1) is 14.5. The van der Waals surface area contributed by atoms with Crippen molar-refractivity contribution in [1.82, 2.24) is 9.71 Å². The van der Waals surface area contributed by atoms with Gasteiger partial charge in [0, 0.05) is 12.8 Å². The Balaban J connectivity index is 2.97. The van der Waals surface area contributed by atoms with Gasteiger partial charge in [0.25, 0.3) is 0 Å². The van der Waals surface area contributed by atoms with Crippen LogP contribution >= 0.6 is 0 Å². The van der Waals surface area contributed by atoms with Crippen molar-refractivity contribution in [1.29, 1.82) is 0 Å². The third kappa shape index (κ3) is 3.72. The van der Waals surface area contributed by atoms with Gasteiger partial charge in [0.1, 0.15) is 16.8 Å². The predicted molar refractivity (Wildman–Crippen MR) is 57.6 cm³/mol. The highest BCUT2D eigenvalue weighted by atomic mass is 32.2. The van der Waals surface area contributed by atoms with Gasteiger partial charge < -0.3 is 10.2 Å². The summed E-state index contributed by atoms with van der Waals surface area (Å²) in [5.74, 6) is -2.29. The van der Waals surface area contributed by atoms with E-state index in [-0.39, 0.29) is 6.42 Å². The van der Waals surface area contributed by atoms with Gasteiger partial charge in [-0.15, -0.1) is 0 Å². The molecule has 1 rings (SSSR count). The average molecular weight is 278 g/mol. The molecule has 1 unspecified atom stereocenters. The molecule has 0 bridgehead atoms. The van der Waals surface area contributed by atoms with Crippen LogP contribution in [0.3, 0.4) is 0 Å². The molecule has 0 aliphatic heterocycles. The van der Waals surface area contributed by atoms with Crippen molar-refractivity contribution in [3.05, 3.63) is 24.3 Å². The van der Waals surface area contributed by atoms with Crippen LogP contribution in [-0.2, 0) is 14.8 Å². The lowest BCUT2D eigenvalue weighted by Gasteiger charge is -2.13. The third-order valence-corrected chi connectivity index (χ3v) is 3.44. The van der Waals surface area contributed by atoms with E-state index in [0.717, 1.165) is 12.4 Å². The summed E-state index contributed by atoms with van der Waals surface area (Å²) in [6.45, 7) is -0.499. The van der Waals surface area contributed by atoms with Crippen molar-refractivity contribution < 1.29 is 27.8 Å². The molecule has 0 spiro atoms. The molecule has 0 fully saturated rings. The van der Waals surface area contributed by atoms with E-state index in [2.05, 4.69) is 4.98 Å². The second-order valence-corrected chi connectivity index (χ2v) is 5.08. The van der Waals surface area contributed by atoms with E-state index < -0.39 is 39.4 Å². The topological polar surface area (TPSA) is 117 Å². The molecule has 7 nitrogen and oxygen atoms in total. The third-order valence-electron chi connectivity index (χ3n) is 2.00. The molecule has 0 aliphatic rings. The van der Waals surface area contributed by atoms with E-state index in [9.17, 15) is 17.6 Å². The Morgan fingerprint density at radius 1 is 1.50 bits per heavy atom. The van der Waals surface area contributed by atoms with Crippen LogP contribution in [-0.4, -0.2) is 42.2 Å². The lowest BCUT2D eigenvalue weighted by molar-refractivity contribution is -0.139. The Labute approximate surface area is 102 Å². The van der Waals surface area contributed by atoms with Gasteiger partial charge in [-0.05, 0) is 12.5 Å². The number of aromatic nitrogens is 1. The molecule has 1 heterocycles. The number of hydrogen-bond acceptors (Lipinski definition) is 5. The molecule has 1 aromatic rings. The first-order valence-electron chi connectivity index (χ1n) is 4.83. The van der Waals surface area contributed by atoms with Crippen LogP contribution in [0.2, 0.25) is 0 Å². The van der Waals surface area contributed by atoms with Crippen LogP contribution < -0.4 is 4.72 Å². The highest BCUT2D eigenvalue weighted by Gasteiger charge is 2.25. The van der Waals surface area contributed by atoms with Crippen molar-refractivity contribution in [2.24, 2.45) is 0 Å². The summed E-state index contributed by atoms with van der Waals surface area (Å²) in [7, 11) is -4.19. The van der Waals surface area contributed by atoms with Gasteiger partial charge >= 0.3 is 5.97 Å². The number of aliphatic hydroxyl groups is 1. The van der Waals surface area contributed by atoms with Crippen LogP contribution in [0.5, 0.6) is 0 Å². The molecular formula is C9H11FN2O5S. The summed E-state index contributed by atoms with van der Waals surface area (Å²) in [5, 5.41) is 17.4. The van der Waals surface area contributed by atoms with Crippen molar-refractivity contribution in [2.45, 2.75) is 17.4 Å². The molecular weight excluding hydrogens is 267 g/mol. The summed E-state index contributed by atoms with van der Waals surface area (Å²) in [5.41, 5.74) is 0. The van der Waals surface area contributed by atoms with Crippen LogP contribution in [0.1, 0.15) is 6.42 Å². The van der Waals surface area contributed by atoms with E-state index in [1.807, 2.05) is 4.72 Å². The van der Waals surface area contributed by atoms with E-state index in [4.69, 9.17) is 10.2 Å². The normalized spacial score (nSPS) is 13.2. The minimum Gasteiger partial charge on any atom is -0.480 e. The van der Waals surface area contributed by atoms with E-state index in [0.29, 0.717) is 6.07 Å². The van der Waals surface area contributed by atoms with E-state index in [1.54, 1.807) is 0 Å². The highest BCUT2D eigenvalue weighted by molar-refractivity contribution is 7.89. The minimum absolute atomic E-state index is 0.294. The van der Waals surface area contributed by atoms with Gasteiger partial charge in [-0.1, -0.05) is 0 Å². The van der Waals surface area contributed by atoms with E-state index in [1.165, 1.54) is 0 Å². The number of rotatable bonds is 6. The molecule has 9 heteroatoms. The summed E-state index contributed by atoms with van der Waals surface area (Å²) >= 11 is 0. The zero-order valence-corrected chi connectivity index (χ0v) is 9.89. The minimum atomic E-state index is -4.19. The van der Waals surface area contributed by atoms with Gasteiger partial charge in [0.05, 0.1) is 6.20 Å². The number of aliphatic carboxylic acids is 1. The number of carboxylic acids is 1. The highest BCUT2D eigenvalue weighted by Crippen LogP contribution is 2.10. The lowest BCUT2D eigenvalue weighted by atomic mass is 10.2. The smallest absolute Gasteiger partial charge is 0.321 e. The molecule has 0 saturated carbocycles. The Kier molecular flexibility index (Phi) is 4.70. The predicted octanol–water partition coefficient (Wildman–Crippen LogP) is -0.665. The molecule has 0 amide bonds. The SMILES string of the molecule is O=C(O)C(CCO)NS(=O)(=O)c1cncc(F)c1. The zero-order chi connectivity index (χ0) is 13.8. The number of halogens is 1. The number of pyridine rings is 1. The van der Waals surface area contributed by atoms with Gasteiger partial charge in [-0.3, -0.25) is 9.78 Å². The maximum Gasteiger partial charge on any atom is 0.321 e. The molecule has 1 atom stereocenters. The maximum absolute atomic E-state index is 12.8. The largest absolute Gasteiger partial charge is 0.480 e. The Morgan fingerprint density at radius 3 is 2.67 bits per heavy atom. The van der Waals surface area contributed by atoms with Gasteiger partial charge in [0.15, 0.2) is 0 Å². The summed E-state index contributed by atoms with van der Waals surface area (Å²) in [6.07, 6.45) is 1.42. The second-order valence-electron chi connectivity index (χ2n) is 3.36. The summed E-state index contributed by atoms with van der Waals surface area (Å²) < 4.78 is 38.1. The monoisotopic (exact) mass is 278 g/mol. The van der Waals surface area contributed by atoms with Crippen molar-refractivity contribution >= 4 is 16.0 Å². The quantitative estimate of drug-likeness (QED) is 0.635. The molecule has 100 valence electrons. The fraction of sp³-hybridized carbons (Fsp3) is 0.333. The van der Waals surface area contributed by atoms with Crippen LogP contribution in [0, 0.1) is 5.82 Å². The van der Waals surface area contributed by atoms with Gasteiger partial charge in [-0.2, -0.15) is 4.72 Å². The number of aliphatic hydroxyl groups excluding tert-OH is 1. The average Bonchev–Trinajstić information content (AvgIpc) is 2.28. The first-order chi connectivity index (χ1) is 8.36. The van der Waals surface area contributed by atoms with Crippen molar-refractivity contribution in [2.75, 3.05) is 6.61 Å². The second kappa shape index (κ2) is 5.85. The van der Waals surface area contributed by atoms with Crippen LogP contribution in [0.25, 0.3) is 0 Å². The number of carbonyl (C=O) groups is 1. The van der Waals surface area contributed by atoms with Gasteiger partial charge in [0.2, 0.25) is 10.0 Å². The number of nitrogens with one attached hydrogen (secondary N) is 1. The standard InChI is InChI=1S/C9H11FN2O5S/c10-6-3-7(5-11-4-6)18(16,17)12-8(1-2-13)9(14)15/h3-5,8,12-13H,1-2H2,(H,14,15). The molecule has 0 aliphatic carbocycles. The molecule has 0 radical (unpaired) electrons. The Bertz CT molecular complexity index is 534. The molecule has 0 aromatic carbocycles. The fourth-order valence-corrected chi connectivity index (χ4v) is 2.35. The lowest BCUT2D eigenvalue weighted by Crippen LogP contribution is -2.41. The molecule has 18 heavy (non-hydrogen) atoms. The summed E-state index contributed by atoms with van der Waals surface area (Å²) in [4.78, 5) is 13.6. The van der Waals surface area contributed by atoms with Crippen LogP contribution in [0.4, 0.5) is 4.39 Å². The van der Waals surface area contributed by atoms with E-state index >= 15 is 0 Å².